The number of aryl methyl sites for hydroxylation is 2. The summed E-state index contributed by atoms with van der Waals surface area (Å²) in [6, 6.07) is 7.57. The van der Waals surface area contributed by atoms with Gasteiger partial charge in [0.25, 0.3) is 5.56 Å². The molecule has 0 fully saturated rings. The van der Waals surface area contributed by atoms with Crippen molar-refractivity contribution >= 4 is 16.9 Å². The maximum Gasteiger partial charge on any atom is 0.332 e. The summed E-state index contributed by atoms with van der Waals surface area (Å²) in [6.45, 7) is 2.37. The van der Waals surface area contributed by atoms with Crippen molar-refractivity contribution < 1.29 is 9.47 Å². The van der Waals surface area contributed by atoms with E-state index in [1.54, 1.807) is 18.6 Å². The van der Waals surface area contributed by atoms with Crippen molar-refractivity contribution in [2.24, 2.45) is 7.05 Å². The van der Waals surface area contributed by atoms with Crippen LogP contribution in [-0.2, 0) is 18.3 Å². The van der Waals surface area contributed by atoms with Crippen LogP contribution in [0.3, 0.4) is 0 Å². The number of nitrogens with zero attached hydrogens (tertiary/aromatic N) is 5. The standard InChI is InChI=1S/C19H21N5O4/c1-12-11-23-15-16(21(2)19(26)22(17(15)25)9-10-27-3)20-18(23)24(12)13-7-5-6-8-14(13)28-4/h5-8,11H,9-10H2,1-4H3. The Balaban J connectivity index is 2.10. The lowest BCUT2D eigenvalue weighted by Gasteiger charge is -2.10. The summed E-state index contributed by atoms with van der Waals surface area (Å²) >= 11 is 0. The van der Waals surface area contributed by atoms with Crippen LogP contribution in [0.2, 0.25) is 0 Å². The first kappa shape index (κ1) is 18.1. The molecule has 0 aliphatic heterocycles. The highest BCUT2D eigenvalue weighted by Crippen LogP contribution is 2.27. The zero-order chi connectivity index (χ0) is 20.0. The highest BCUT2D eigenvalue weighted by Gasteiger charge is 2.21. The Morgan fingerprint density at radius 3 is 2.61 bits per heavy atom. The predicted octanol–water partition coefficient (Wildman–Crippen LogP) is 1.10. The van der Waals surface area contributed by atoms with Gasteiger partial charge in [0.2, 0.25) is 5.78 Å². The van der Waals surface area contributed by atoms with Gasteiger partial charge in [-0.3, -0.25) is 22.9 Å². The molecule has 0 radical (unpaired) electrons. The Kier molecular flexibility index (Phi) is 4.31. The second-order valence-electron chi connectivity index (χ2n) is 6.52. The molecule has 9 nitrogen and oxygen atoms in total. The third-order valence-corrected chi connectivity index (χ3v) is 4.87. The van der Waals surface area contributed by atoms with Gasteiger partial charge < -0.3 is 9.47 Å². The zero-order valence-corrected chi connectivity index (χ0v) is 16.2. The van der Waals surface area contributed by atoms with Gasteiger partial charge >= 0.3 is 5.69 Å². The largest absolute Gasteiger partial charge is 0.495 e. The van der Waals surface area contributed by atoms with Gasteiger partial charge in [-0.1, -0.05) is 12.1 Å². The van der Waals surface area contributed by atoms with Gasteiger partial charge in [0.15, 0.2) is 11.2 Å². The molecule has 146 valence electrons. The number of para-hydroxylation sites is 2. The second kappa shape index (κ2) is 6.68. The van der Waals surface area contributed by atoms with Crippen LogP contribution < -0.4 is 16.0 Å². The molecule has 4 aromatic rings. The molecule has 0 spiro atoms. The third-order valence-electron chi connectivity index (χ3n) is 4.87. The van der Waals surface area contributed by atoms with Gasteiger partial charge in [0, 0.05) is 26.0 Å². The number of rotatable bonds is 5. The first-order valence-corrected chi connectivity index (χ1v) is 8.81. The van der Waals surface area contributed by atoms with Crippen molar-refractivity contribution in [2.45, 2.75) is 13.5 Å². The molecule has 0 bridgehead atoms. The highest BCUT2D eigenvalue weighted by molar-refractivity contribution is 5.76. The van der Waals surface area contributed by atoms with Crippen LogP contribution in [0.15, 0.2) is 40.1 Å². The predicted molar refractivity (Wildman–Crippen MR) is 105 cm³/mol. The van der Waals surface area contributed by atoms with Crippen LogP contribution in [0.1, 0.15) is 5.69 Å². The molecule has 0 N–H and O–H groups in total. The topological polar surface area (TPSA) is 84.7 Å². The van der Waals surface area contributed by atoms with E-state index in [2.05, 4.69) is 4.98 Å². The summed E-state index contributed by atoms with van der Waals surface area (Å²) in [7, 11) is 4.75. The fourth-order valence-electron chi connectivity index (χ4n) is 3.50. The molecule has 0 unspecified atom stereocenters. The van der Waals surface area contributed by atoms with Crippen molar-refractivity contribution in [1.29, 1.82) is 0 Å². The molecular formula is C19H21N5O4. The third kappa shape index (κ3) is 2.47. The molecule has 1 aromatic carbocycles. The lowest BCUT2D eigenvalue weighted by atomic mass is 10.3. The molecular weight excluding hydrogens is 362 g/mol. The van der Waals surface area contributed by atoms with Crippen molar-refractivity contribution in [3.63, 3.8) is 0 Å². The quantitative estimate of drug-likeness (QED) is 0.515. The van der Waals surface area contributed by atoms with E-state index in [1.807, 2.05) is 42.0 Å². The van der Waals surface area contributed by atoms with E-state index in [9.17, 15) is 9.59 Å². The van der Waals surface area contributed by atoms with Gasteiger partial charge in [-0.25, -0.2) is 4.79 Å². The van der Waals surface area contributed by atoms with E-state index in [4.69, 9.17) is 9.47 Å². The minimum atomic E-state index is -0.420. The highest BCUT2D eigenvalue weighted by atomic mass is 16.5. The van der Waals surface area contributed by atoms with Crippen molar-refractivity contribution in [3.8, 4) is 11.4 Å². The molecule has 3 aromatic heterocycles. The number of fused-ring (bicyclic) bond motifs is 3. The van der Waals surface area contributed by atoms with Crippen molar-refractivity contribution in [1.82, 2.24) is 23.1 Å². The van der Waals surface area contributed by atoms with Gasteiger partial charge in [0.1, 0.15) is 5.75 Å². The average molecular weight is 383 g/mol. The fourth-order valence-corrected chi connectivity index (χ4v) is 3.50. The number of imidazole rings is 2. The lowest BCUT2D eigenvalue weighted by molar-refractivity contribution is 0.184. The lowest BCUT2D eigenvalue weighted by Crippen LogP contribution is -2.40. The molecule has 0 amide bonds. The van der Waals surface area contributed by atoms with E-state index in [0.717, 1.165) is 11.4 Å². The molecule has 0 aliphatic carbocycles. The van der Waals surface area contributed by atoms with Crippen LogP contribution in [-0.4, -0.2) is 43.9 Å². The number of methoxy groups -OCH3 is 2. The maximum atomic E-state index is 13.1. The van der Waals surface area contributed by atoms with Crippen LogP contribution in [0, 0.1) is 6.92 Å². The summed E-state index contributed by atoms with van der Waals surface area (Å²) in [5.41, 5.74) is 1.56. The monoisotopic (exact) mass is 383 g/mol. The summed E-state index contributed by atoms with van der Waals surface area (Å²) in [5.74, 6) is 1.22. The summed E-state index contributed by atoms with van der Waals surface area (Å²) in [6.07, 6.45) is 1.84. The number of hydrogen-bond acceptors (Lipinski definition) is 5. The van der Waals surface area contributed by atoms with E-state index in [-0.39, 0.29) is 18.7 Å². The Morgan fingerprint density at radius 1 is 1.14 bits per heavy atom. The number of benzene rings is 1. The Morgan fingerprint density at radius 2 is 1.89 bits per heavy atom. The fraction of sp³-hybridized carbons (Fsp3) is 0.316. The molecule has 9 heteroatoms. The van der Waals surface area contributed by atoms with E-state index < -0.39 is 5.69 Å². The molecule has 4 rings (SSSR count). The molecule has 3 heterocycles. The minimum absolute atomic E-state index is 0.178. The first-order valence-electron chi connectivity index (χ1n) is 8.81. The minimum Gasteiger partial charge on any atom is -0.495 e. The van der Waals surface area contributed by atoms with E-state index in [1.165, 1.54) is 16.2 Å². The van der Waals surface area contributed by atoms with Crippen LogP contribution in [0.5, 0.6) is 5.75 Å². The van der Waals surface area contributed by atoms with E-state index in [0.29, 0.717) is 22.7 Å². The summed E-state index contributed by atoms with van der Waals surface area (Å²) in [5, 5.41) is 0. The number of aromatic nitrogens is 5. The van der Waals surface area contributed by atoms with Crippen LogP contribution in [0.25, 0.3) is 22.6 Å². The summed E-state index contributed by atoms with van der Waals surface area (Å²) < 4.78 is 16.7. The second-order valence-corrected chi connectivity index (χ2v) is 6.52. The zero-order valence-electron chi connectivity index (χ0n) is 16.2. The van der Waals surface area contributed by atoms with Crippen molar-refractivity contribution in [3.05, 3.63) is 57.0 Å². The van der Waals surface area contributed by atoms with Crippen molar-refractivity contribution in [2.75, 3.05) is 20.8 Å². The Bertz CT molecular complexity index is 1310. The van der Waals surface area contributed by atoms with Gasteiger partial charge in [-0.2, -0.15) is 4.98 Å². The molecule has 0 saturated carbocycles. The number of ether oxygens (including phenoxy) is 2. The first-order chi connectivity index (χ1) is 13.5. The van der Waals surface area contributed by atoms with Gasteiger partial charge in [0.05, 0.1) is 25.9 Å². The maximum absolute atomic E-state index is 13.1. The SMILES string of the molecule is COCCn1c(=O)c2c(nc3n(-c4ccccc4OC)c(C)cn23)n(C)c1=O. The van der Waals surface area contributed by atoms with E-state index >= 15 is 0 Å². The number of hydrogen-bond donors (Lipinski definition) is 0. The summed E-state index contributed by atoms with van der Waals surface area (Å²) in [4.78, 5) is 30.3. The van der Waals surface area contributed by atoms with Crippen LogP contribution in [0.4, 0.5) is 0 Å². The van der Waals surface area contributed by atoms with Crippen LogP contribution >= 0.6 is 0 Å². The molecule has 0 aliphatic rings. The smallest absolute Gasteiger partial charge is 0.332 e. The molecule has 0 atom stereocenters. The Labute approximate surface area is 160 Å². The normalized spacial score (nSPS) is 11.6. The average Bonchev–Trinajstić information content (AvgIpc) is 3.20. The Hall–Kier alpha value is -3.33. The van der Waals surface area contributed by atoms with Gasteiger partial charge in [-0.05, 0) is 19.1 Å². The van der Waals surface area contributed by atoms with Gasteiger partial charge in [-0.15, -0.1) is 0 Å². The molecule has 0 saturated heterocycles. The molecule has 28 heavy (non-hydrogen) atoms.